The highest BCUT2D eigenvalue weighted by atomic mass is 35.5. The molecule has 2 aromatic carbocycles. The van der Waals surface area contributed by atoms with Crippen molar-refractivity contribution in [2.75, 3.05) is 18.5 Å². The number of hydrogen-bond acceptors (Lipinski definition) is 8. The molecule has 10 nitrogen and oxygen atoms in total. The van der Waals surface area contributed by atoms with Crippen molar-refractivity contribution in [3.63, 3.8) is 0 Å². The molecule has 1 saturated heterocycles. The summed E-state index contributed by atoms with van der Waals surface area (Å²) >= 11 is 7.23. The number of aromatic amines is 1. The lowest BCUT2D eigenvalue weighted by atomic mass is 9.98. The molecule has 1 aliphatic rings. The van der Waals surface area contributed by atoms with Crippen molar-refractivity contribution >= 4 is 39.2 Å². The Kier molecular flexibility index (Phi) is 7.74. The number of aromatic nitrogens is 5. The number of nitrogens with one attached hydrogen (secondary N) is 2. The number of hydrogen-bond donors (Lipinski definition) is 2. The SMILES string of the molecule is C[C@H](Nc1ncnc2[nH]ccc(=O)c12)c1c(Cl)c2cccc(-c3ccc(OC4CCOCC4)nc3)c2c(=O)n1-c1ccccc1. The molecule has 1 fully saturated rings. The van der Waals surface area contributed by atoms with Crippen molar-refractivity contribution in [3.05, 3.63) is 117 Å². The van der Waals surface area contributed by atoms with Crippen LogP contribution < -0.4 is 21.0 Å². The van der Waals surface area contributed by atoms with Crippen molar-refractivity contribution in [2.24, 2.45) is 0 Å². The van der Waals surface area contributed by atoms with Crippen LogP contribution in [0.15, 0.2) is 95.0 Å². The lowest BCUT2D eigenvalue weighted by Gasteiger charge is -2.24. The van der Waals surface area contributed by atoms with Gasteiger partial charge in [-0.15, -0.1) is 0 Å². The van der Waals surface area contributed by atoms with Crippen LogP contribution in [0.2, 0.25) is 5.02 Å². The maximum Gasteiger partial charge on any atom is 0.263 e. The van der Waals surface area contributed by atoms with Crippen LogP contribution in [0.4, 0.5) is 5.82 Å². The maximum absolute atomic E-state index is 14.6. The average Bonchev–Trinajstić information content (AvgIpc) is 3.07. The average molecular weight is 621 g/mol. The third-order valence-corrected chi connectivity index (χ3v) is 8.41. The van der Waals surface area contributed by atoms with Crippen molar-refractivity contribution in [1.29, 1.82) is 0 Å². The Bertz CT molecular complexity index is 2120. The fourth-order valence-corrected chi connectivity index (χ4v) is 6.25. The zero-order chi connectivity index (χ0) is 30.9. The number of anilines is 1. The van der Waals surface area contributed by atoms with E-state index in [1.165, 1.54) is 18.6 Å². The number of fused-ring (bicyclic) bond motifs is 2. The number of ether oxygens (including phenoxy) is 2. The second-order valence-corrected chi connectivity index (χ2v) is 11.2. The highest BCUT2D eigenvalue weighted by Crippen LogP contribution is 2.36. The van der Waals surface area contributed by atoms with E-state index in [0.29, 0.717) is 68.7 Å². The summed E-state index contributed by atoms with van der Waals surface area (Å²) in [6, 6.07) is 19.6. The monoisotopic (exact) mass is 620 g/mol. The molecule has 4 aromatic heterocycles. The molecule has 2 N–H and O–H groups in total. The fraction of sp³-hybridized carbons (Fsp3) is 0.206. The predicted molar refractivity (Wildman–Crippen MR) is 174 cm³/mol. The molecule has 1 atom stereocenters. The van der Waals surface area contributed by atoms with Crippen LogP contribution in [0.25, 0.3) is 38.6 Å². The Balaban J connectivity index is 1.36. The van der Waals surface area contributed by atoms with E-state index in [9.17, 15) is 9.59 Å². The third kappa shape index (κ3) is 5.43. The van der Waals surface area contributed by atoms with Gasteiger partial charge in [-0.1, -0.05) is 48.0 Å². The Hall–Kier alpha value is -5.06. The normalized spacial score (nSPS) is 14.4. The van der Waals surface area contributed by atoms with E-state index in [1.54, 1.807) is 10.8 Å². The lowest BCUT2D eigenvalue weighted by Crippen LogP contribution is -2.27. The van der Waals surface area contributed by atoms with E-state index in [-0.39, 0.29) is 17.1 Å². The van der Waals surface area contributed by atoms with Crippen LogP contribution in [0.1, 0.15) is 31.5 Å². The smallest absolute Gasteiger partial charge is 0.263 e. The maximum atomic E-state index is 14.6. The van der Waals surface area contributed by atoms with Crippen LogP contribution in [0.3, 0.4) is 0 Å². The van der Waals surface area contributed by atoms with Gasteiger partial charge in [-0.2, -0.15) is 0 Å². The molecular formula is C34H29ClN6O4. The van der Waals surface area contributed by atoms with E-state index >= 15 is 0 Å². The first kappa shape index (κ1) is 28.7. The second-order valence-electron chi connectivity index (χ2n) is 10.9. The standard InChI is InChI=1S/C34H29ClN6O4/c1-20(40-33-29-26(42)12-15-36-32(29)38-19-39-33)31-30(35)25-9-5-8-24(28(25)34(43)41(31)22-6-3-2-4-7-22)21-10-11-27(37-18-21)45-23-13-16-44-17-14-23/h2-12,15,18-20,23H,13-14,16-17H2,1H3,(H2,36,38,39,40,42)/t20-/m0/s1. The van der Waals surface area contributed by atoms with Crippen molar-refractivity contribution < 1.29 is 9.47 Å². The van der Waals surface area contributed by atoms with Gasteiger partial charge in [0.1, 0.15) is 29.3 Å². The van der Waals surface area contributed by atoms with Crippen LogP contribution in [-0.2, 0) is 4.74 Å². The Morgan fingerprint density at radius 1 is 0.978 bits per heavy atom. The largest absolute Gasteiger partial charge is 0.474 e. The number of nitrogens with zero attached hydrogens (tertiary/aromatic N) is 4. The molecule has 0 saturated carbocycles. The zero-order valence-corrected chi connectivity index (χ0v) is 25.1. The Morgan fingerprint density at radius 2 is 1.80 bits per heavy atom. The fourth-order valence-electron chi connectivity index (χ4n) is 5.85. The van der Waals surface area contributed by atoms with E-state index in [4.69, 9.17) is 21.1 Å². The first-order valence-corrected chi connectivity index (χ1v) is 15.1. The van der Waals surface area contributed by atoms with Gasteiger partial charge >= 0.3 is 0 Å². The molecule has 226 valence electrons. The highest BCUT2D eigenvalue weighted by Gasteiger charge is 2.24. The zero-order valence-electron chi connectivity index (χ0n) is 24.4. The molecular weight excluding hydrogens is 592 g/mol. The number of para-hydroxylation sites is 1. The predicted octanol–water partition coefficient (Wildman–Crippen LogP) is 6.07. The molecule has 5 heterocycles. The molecule has 0 unspecified atom stereocenters. The number of pyridine rings is 3. The van der Waals surface area contributed by atoms with Crippen molar-refractivity contribution in [1.82, 2.24) is 24.5 Å². The summed E-state index contributed by atoms with van der Waals surface area (Å²) in [7, 11) is 0. The van der Waals surface area contributed by atoms with E-state index in [0.717, 1.165) is 18.4 Å². The van der Waals surface area contributed by atoms with Gasteiger partial charge in [0, 0.05) is 54.0 Å². The van der Waals surface area contributed by atoms with Gasteiger partial charge in [-0.05, 0) is 30.7 Å². The van der Waals surface area contributed by atoms with Gasteiger partial charge in [0.25, 0.3) is 5.56 Å². The van der Waals surface area contributed by atoms with E-state index in [2.05, 4.69) is 25.3 Å². The lowest BCUT2D eigenvalue weighted by molar-refractivity contribution is 0.0237. The van der Waals surface area contributed by atoms with Crippen LogP contribution in [0, 0.1) is 0 Å². The Morgan fingerprint density at radius 3 is 2.58 bits per heavy atom. The summed E-state index contributed by atoms with van der Waals surface area (Å²) in [4.78, 5) is 43.4. The quantitative estimate of drug-likeness (QED) is 0.220. The van der Waals surface area contributed by atoms with Gasteiger partial charge in [0.05, 0.1) is 35.4 Å². The van der Waals surface area contributed by atoms with E-state index in [1.807, 2.05) is 67.6 Å². The van der Waals surface area contributed by atoms with Gasteiger partial charge in [-0.25, -0.2) is 15.0 Å². The topological polar surface area (TPSA) is 124 Å². The summed E-state index contributed by atoms with van der Waals surface area (Å²) in [5.41, 5.74) is 2.57. The summed E-state index contributed by atoms with van der Waals surface area (Å²) in [5, 5.41) is 5.10. The molecule has 11 heteroatoms. The minimum atomic E-state index is -0.542. The summed E-state index contributed by atoms with van der Waals surface area (Å²) < 4.78 is 13.1. The van der Waals surface area contributed by atoms with Crippen molar-refractivity contribution in [2.45, 2.75) is 31.9 Å². The van der Waals surface area contributed by atoms with Crippen molar-refractivity contribution in [3.8, 4) is 22.7 Å². The second kappa shape index (κ2) is 12.1. The summed E-state index contributed by atoms with van der Waals surface area (Å²) in [5.74, 6) is 0.865. The van der Waals surface area contributed by atoms with Crippen LogP contribution in [0.5, 0.6) is 5.88 Å². The van der Waals surface area contributed by atoms with E-state index < -0.39 is 6.04 Å². The van der Waals surface area contributed by atoms with Crippen LogP contribution >= 0.6 is 11.6 Å². The molecule has 0 bridgehead atoms. The molecule has 0 aliphatic carbocycles. The first-order chi connectivity index (χ1) is 22.0. The molecule has 7 rings (SSSR count). The third-order valence-electron chi connectivity index (χ3n) is 8.01. The van der Waals surface area contributed by atoms with Gasteiger partial charge in [0.15, 0.2) is 5.43 Å². The molecule has 45 heavy (non-hydrogen) atoms. The summed E-state index contributed by atoms with van der Waals surface area (Å²) in [6.07, 6.45) is 6.35. The molecule has 0 radical (unpaired) electrons. The van der Waals surface area contributed by atoms with Gasteiger partial charge in [0.2, 0.25) is 5.88 Å². The van der Waals surface area contributed by atoms with Crippen LogP contribution in [-0.4, -0.2) is 43.8 Å². The summed E-state index contributed by atoms with van der Waals surface area (Å²) in [6.45, 7) is 3.23. The molecule has 1 aliphatic heterocycles. The van der Waals surface area contributed by atoms with Gasteiger partial charge in [-0.3, -0.25) is 14.2 Å². The van der Waals surface area contributed by atoms with Gasteiger partial charge < -0.3 is 19.8 Å². The number of halogens is 1. The number of rotatable bonds is 7. The number of benzene rings is 2. The molecule has 6 aromatic rings. The minimum Gasteiger partial charge on any atom is -0.474 e. The molecule has 0 spiro atoms. The minimum absolute atomic E-state index is 0.0688. The molecule has 0 amide bonds. The Labute approximate surface area is 262 Å². The number of H-pyrrole nitrogens is 1. The highest BCUT2D eigenvalue weighted by molar-refractivity contribution is 6.36. The first-order valence-electron chi connectivity index (χ1n) is 14.7.